The molecule has 0 aromatic heterocycles. The highest BCUT2D eigenvalue weighted by Crippen LogP contribution is 2.29. The molecule has 0 saturated heterocycles. The summed E-state index contributed by atoms with van der Waals surface area (Å²) in [5.74, 6) is -0.662. The molecule has 0 spiro atoms. The normalized spacial score (nSPS) is 11.6. The molecule has 2 aromatic rings. The largest absolute Gasteiger partial charge is 0.497 e. The van der Waals surface area contributed by atoms with E-state index in [2.05, 4.69) is 0 Å². The van der Waals surface area contributed by atoms with Crippen LogP contribution >= 0.6 is 0 Å². The zero-order valence-corrected chi connectivity index (χ0v) is 12.5. The molecule has 0 aliphatic carbocycles. The van der Waals surface area contributed by atoms with E-state index in [-0.39, 0.29) is 12.2 Å². The third kappa shape index (κ3) is 3.52. The van der Waals surface area contributed by atoms with Gasteiger partial charge in [0, 0.05) is 5.56 Å². The Morgan fingerprint density at radius 3 is 2.18 bits per heavy atom. The predicted molar refractivity (Wildman–Crippen MR) is 84.0 cm³/mol. The zero-order valence-electron chi connectivity index (χ0n) is 12.5. The first-order valence-corrected chi connectivity index (χ1v) is 6.94. The lowest BCUT2D eigenvalue weighted by atomic mass is 10.0. The average molecular weight is 300 g/mol. The lowest BCUT2D eigenvalue weighted by molar-refractivity contribution is -0.136. The Morgan fingerprint density at radius 1 is 1.00 bits per heavy atom. The van der Waals surface area contributed by atoms with Gasteiger partial charge in [0.2, 0.25) is 0 Å². The number of carbonyl (C=O) groups is 1. The minimum absolute atomic E-state index is 0.0873. The van der Waals surface area contributed by atoms with Crippen LogP contribution in [0, 0.1) is 0 Å². The van der Waals surface area contributed by atoms with Crippen molar-refractivity contribution in [1.82, 2.24) is 0 Å². The summed E-state index contributed by atoms with van der Waals surface area (Å²) in [6, 6.07) is 15.0. The molecule has 0 aliphatic rings. The van der Waals surface area contributed by atoms with E-state index in [4.69, 9.17) is 9.47 Å². The summed E-state index contributed by atoms with van der Waals surface area (Å²) in [5, 5.41) is 0. The summed E-state index contributed by atoms with van der Waals surface area (Å²) in [5.41, 5.74) is 0.692. The van der Waals surface area contributed by atoms with Crippen LogP contribution in [0.2, 0.25) is 0 Å². The summed E-state index contributed by atoms with van der Waals surface area (Å²) in [4.78, 5) is 12.2. The molecule has 0 atom stereocenters. The molecular weight excluding hydrogens is 283 g/mol. The van der Waals surface area contributed by atoms with Crippen molar-refractivity contribution in [2.45, 2.75) is 6.92 Å². The number of methoxy groups -OCH3 is 1. The van der Waals surface area contributed by atoms with Crippen molar-refractivity contribution in [3.8, 4) is 5.75 Å². The van der Waals surface area contributed by atoms with Crippen LogP contribution in [0.4, 0.5) is 4.39 Å². The van der Waals surface area contributed by atoms with Crippen LogP contribution in [0.25, 0.3) is 11.4 Å². The highest BCUT2D eigenvalue weighted by Gasteiger charge is 2.20. The molecule has 0 amide bonds. The van der Waals surface area contributed by atoms with Crippen LogP contribution in [-0.2, 0) is 9.53 Å². The van der Waals surface area contributed by atoms with Crippen molar-refractivity contribution in [3.05, 3.63) is 65.7 Å². The van der Waals surface area contributed by atoms with Gasteiger partial charge in [-0.25, -0.2) is 9.18 Å². The van der Waals surface area contributed by atoms with Gasteiger partial charge in [0.05, 0.1) is 13.7 Å². The first-order chi connectivity index (χ1) is 10.7. The van der Waals surface area contributed by atoms with E-state index in [0.717, 1.165) is 0 Å². The lowest BCUT2D eigenvalue weighted by Crippen LogP contribution is -2.08. The van der Waals surface area contributed by atoms with Gasteiger partial charge in [0.1, 0.15) is 17.1 Å². The molecule has 0 bridgehead atoms. The summed E-state index contributed by atoms with van der Waals surface area (Å²) in [6.45, 7) is 1.87. The Labute approximate surface area is 129 Å². The molecule has 0 aliphatic heterocycles. The maximum absolute atomic E-state index is 14.8. The molecule has 0 saturated carbocycles. The van der Waals surface area contributed by atoms with Crippen molar-refractivity contribution < 1.29 is 18.7 Å². The van der Waals surface area contributed by atoms with Crippen LogP contribution in [-0.4, -0.2) is 19.7 Å². The highest BCUT2D eigenvalue weighted by molar-refractivity contribution is 6.23. The average Bonchev–Trinajstić information content (AvgIpc) is 2.56. The number of hydrogen-bond acceptors (Lipinski definition) is 3. The van der Waals surface area contributed by atoms with Gasteiger partial charge in [0.15, 0.2) is 0 Å². The maximum Gasteiger partial charge on any atom is 0.341 e. The molecule has 0 unspecified atom stereocenters. The molecule has 114 valence electrons. The van der Waals surface area contributed by atoms with Crippen molar-refractivity contribution >= 4 is 17.4 Å². The first kappa shape index (κ1) is 15.8. The van der Waals surface area contributed by atoms with Gasteiger partial charge >= 0.3 is 5.97 Å². The Kier molecular flexibility index (Phi) is 5.31. The minimum Gasteiger partial charge on any atom is -0.497 e. The van der Waals surface area contributed by atoms with Crippen molar-refractivity contribution in [1.29, 1.82) is 0 Å². The van der Waals surface area contributed by atoms with Crippen molar-refractivity contribution in [2.75, 3.05) is 13.7 Å². The Balaban J connectivity index is 2.53. The van der Waals surface area contributed by atoms with Crippen molar-refractivity contribution in [3.63, 3.8) is 0 Å². The molecule has 2 aromatic carbocycles. The zero-order chi connectivity index (χ0) is 15.9. The van der Waals surface area contributed by atoms with E-state index in [1.54, 1.807) is 68.6 Å². The summed E-state index contributed by atoms with van der Waals surface area (Å²) >= 11 is 0. The van der Waals surface area contributed by atoms with E-state index in [1.165, 1.54) is 0 Å². The van der Waals surface area contributed by atoms with Crippen LogP contribution in [0.5, 0.6) is 5.75 Å². The molecule has 0 N–H and O–H groups in total. The van der Waals surface area contributed by atoms with Gasteiger partial charge in [-0.15, -0.1) is 0 Å². The van der Waals surface area contributed by atoms with Gasteiger partial charge in [0.25, 0.3) is 0 Å². The van der Waals surface area contributed by atoms with Gasteiger partial charge in [-0.1, -0.05) is 42.5 Å². The van der Waals surface area contributed by atoms with Crippen molar-refractivity contribution in [2.24, 2.45) is 0 Å². The molecule has 4 heteroatoms. The van der Waals surface area contributed by atoms with E-state index in [1.807, 2.05) is 0 Å². The number of benzene rings is 2. The fraction of sp³-hybridized carbons (Fsp3) is 0.167. The second-order valence-corrected chi connectivity index (χ2v) is 4.50. The molecule has 0 radical (unpaired) electrons. The third-order valence-corrected chi connectivity index (χ3v) is 3.10. The predicted octanol–water partition coefficient (Wildman–Crippen LogP) is 4.10. The molecule has 22 heavy (non-hydrogen) atoms. The Morgan fingerprint density at radius 2 is 1.64 bits per heavy atom. The molecule has 2 rings (SSSR count). The number of rotatable bonds is 5. The van der Waals surface area contributed by atoms with Gasteiger partial charge in [-0.05, 0) is 24.6 Å². The molecular formula is C18H17FO3. The standard InChI is InChI=1S/C18H17FO3/c1-3-22-18(20)16(13-9-11-15(21-2)12-10-13)17(19)14-7-5-4-6-8-14/h4-12H,3H2,1-2H3/b17-16+. The first-order valence-electron chi connectivity index (χ1n) is 6.94. The van der Waals surface area contributed by atoms with E-state index >= 15 is 0 Å². The Hall–Kier alpha value is -2.62. The number of ether oxygens (including phenoxy) is 2. The van der Waals surface area contributed by atoms with E-state index < -0.39 is 11.8 Å². The monoisotopic (exact) mass is 300 g/mol. The number of hydrogen-bond donors (Lipinski definition) is 0. The molecule has 0 heterocycles. The number of esters is 1. The number of carbonyl (C=O) groups excluding carboxylic acids is 1. The van der Waals surface area contributed by atoms with Gasteiger partial charge < -0.3 is 9.47 Å². The molecule has 3 nitrogen and oxygen atoms in total. The van der Waals surface area contributed by atoms with Crippen LogP contribution in [0.15, 0.2) is 54.6 Å². The van der Waals surface area contributed by atoms with Gasteiger partial charge in [-0.3, -0.25) is 0 Å². The highest BCUT2D eigenvalue weighted by atomic mass is 19.1. The second-order valence-electron chi connectivity index (χ2n) is 4.50. The SMILES string of the molecule is CCOC(=O)/C(=C(/F)c1ccccc1)c1ccc(OC)cc1. The second kappa shape index (κ2) is 7.41. The lowest BCUT2D eigenvalue weighted by Gasteiger charge is -2.10. The van der Waals surface area contributed by atoms with E-state index in [0.29, 0.717) is 16.9 Å². The van der Waals surface area contributed by atoms with Gasteiger partial charge in [-0.2, -0.15) is 0 Å². The number of halogens is 1. The summed E-state index contributed by atoms with van der Waals surface area (Å²) in [7, 11) is 1.54. The minimum atomic E-state index is -0.686. The third-order valence-electron chi connectivity index (χ3n) is 3.10. The maximum atomic E-state index is 14.8. The van der Waals surface area contributed by atoms with E-state index in [9.17, 15) is 9.18 Å². The smallest absolute Gasteiger partial charge is 0.341 e. The van der Waals surface area contributed by atoms with Crippen LogP contribution in [0.3, 0.4) is 0 Å². The quantitative estimate of drug-likeness (QED) is 0.474. The fourth-order valence-corrected chi connectivity index (χ4v) is 2.02. The fourth-order valence-electron chi connectivity index (χ4n) is 2.02. The Bertz CT molecular complexity index is 660. The topological polar surface area (TPSA) is 35.5 Å². The molecule has 0 fully saturated rings. The van der Waals surface area contributed by atoms with Crippen LogP contribution < -0.4 is 4.74 Å². The summed E-state index contributed by atoms with van der Waals surface area (Å²) < 4.78 is 24.9. The van der Waals surface area contributed by atoms with Crippen LogP contribution in [0.1, 0.15) is 18.1 Å². The summed E-state index contributed by atoms with van der Waals surface area (Å²) in [6.07, 6.45) is 0.